The van der Waals surface area contributed by atoms with E-state index in [2.05, 4.69) is 32.4 Å². The van der Waals surface area contributed by atoms with Crippen LogP contribution in [0, 0.1) is 24.7 Å². The number of hydrogen-bond acceptors (Lipinski definition) is 3. The van der Waals surface area contributed by atoms with Crippen LogP contribution in [-0.2, 0) is 14.8 Å². The molecule has 1 fully saturated rings. The largest absolute Gasteiger partial charge is 0.376 e. The Balaban J connectivity index is 1.96. The predicted molar refractivity (Wildman–Crippen MR) is 102 cm³/mol. The molecule has 25 heavy (non-hydrogen) atoms. The van der Waals surface area contributed by atoms with Crippen LogP contribution >= 0.6 is 0 Å². The van der Waals surface area contributed by atoms with Crippen LogP contribution in [0.15, 0.2) is 29.2 Å². The lowest BCUT2D eigenvalue weighted by molar-refractivity contribution is -0.0867. The maximum Gasteiger partial charge on any atom is 0.240 e. The normalized spacial score (nSPS) is 22.1. The fourth-order valence-electron chi connectivity index (χ4n) is 3.92. The van der Waals surface area contributed by atoms with Crippen molar-refractivity contribution in [2.24, 2.45) is 17.8 Å². The Hall–Kier alpha value is -0.910. The van der Waals surface area contributed by atoms with E-state index in [0.717, 1.165) is 31.4 Å². The van der Waals surface area contributed by atoms with Crippen LogP contribution in [0.5, 0.6) is 0 Å². The van der Waals surface area contributed by atoms with Crippen molar-refractivity contribution in [3.8, 4) is 0 Å². The molecule has 142 valence electrons. The maximum atomic E-state index is 12.4. The summed E-state index contributed by atoms with van der Waals surface area (Å²) in [6.07, 6.45) is 2.97. The molecule has 2 atom stereocenters. The molecule has 5 heteroatoms. The minimum atomic E-state index is -3.43. The van der Waals surface area contributed by atoms with Gasteiger partial charge in [0.25, 0.3) is 0 Å². The SMILES string of the molecule is Cc1ccc(S(=O)(=O)NCCC(C(C)C)C2CCOC(C)(C)C2)cc1. The summed E-state index contributed by atoms with van der Waals surface area (Å²) in [7, 11) is -3.43. The number of nitrogens with one attached hydrogen (secondary N) is 1. The van der Waals surface area contributed by atoms with Gasteiger partial charge in [0.2, 0.25) is 10.0 Å². The Kier molecular flexibility index (Phi) is 6.68. The molecule has 1 aliphatic rings. The third-order valence-electron chi connectivity index (χ3n) is 5.30. The fraction of sp³-hybridized carbons (Fsp3) is 0.700. The van der Waals surface area contributed by atoms with Crippen molar-refractivity contribution in [1.29, 1.82) is 0 Å². The van der Waals surface area contributed by atoms with Crippen LogP contribution in [0.1, 0.15) is 52.5 Å². The van der Waals surface area contributed by atoms with Crippen molar-refractivity contribution >= 4 is 10.0 Å². The third-order valence-corrected chi connectivity index (χ3v) is 6.77. The van der Waals surface area contributed by atoms with Gasteiger partial charge >= 0.3 is 0 Å². The average molecular weight is 368 g/mol. The first-order chi connectivity index (χ1) is 11.6. The summed E-state index contributed by atoms with van der Waals surface area (Å²) in [5.74, 6) is 1.62. The second-order valence-electron chi connectivity index (χ2n) is 8.27. The highest BCUT2D eigenvalue weighted by atomic mass is 32.2. The summed E-state index contributed by atoms with van der Waals surface area (Å²) in [5, 5.41) is 0. The van der Waals surface area contributed by atoms with E-state index in [1.807, 2.05) is 19.1 Å². The minimum absolute atomic E-state index is 0.0720. The molecule has 0 amide bonds. The summed E-state index contributed by atoms with van der Waals surface area (Å²) in [6, 6.07) is 6.99. The molecule has 1 aliphatic heterocycles. The minimum Gasteiger partial charge on any atom is -0.376 e. The number of benzene rings is 1. The van der Waals surface area contributed by atoms with Gasteiger partial charge in [0.1, 0.15) is 0 Å². The highest BCUT2D eigenvalue weighted by molar-refractivity contribution is 7.89. The topological polar surface area (TPSA) is 55.4 Å². The van der Waals surface area contributed by atoms with E-state index in [0.29, 0.717) is 29.2 Å². The van der Waals surface area contributed by atoms with E-state index in [1.54, 1.807) is 12.1 Å². The van der Waals surface area contributed by atoms with Crippen LogP contribution < -0.4 is 4.72 Å². The number of rotatable bonds is 7. The first-order valence-corrected chi connectivity index (χ1v) is 10.8. The molecule has 4 nitrogen and oxygen atoms in total. The molecule has 1 aromatic carbocycles. The van der Waals surface area contributed by atoms with Gasteiger partial charge in [-0.3, -0.25) is 0 Å². The van der Waals surface area contributed by atoms with Crippen LogP contribution in [0.25, 0.3) is 0 Å². The Morgan fingerprint density at radius 3 is 2.44 bits per heavy atom. The van der Waals surface area contributed by atoms with Crippen molar-refractivity contribution in [2.75, 3.05) is 13.2 Å². The molecule has 1 heterocycles. The highest BCUT2D eigenvalue weighted by Crippen LogP contribution is 2.37. The van der Waals surface area contributed by atoms with Crippen LogP contribution in [0.3, 0.4) is 0 Å². The molecule has 0 spiro atoms. The lowest BCUT2D eigenvalue weighted by Gasteiger charge is -2.40. The van der Waals surface area contributed by atoms with Crippen LogP contribution in [0.4, 0.5) is 0 Å². The van der Waals surface area contributed by atoms with Gasteiger partial charge in [-0.05, 0) is 69.9 Å². The molecule has 1 saturated heterocycles. The van der Waals surface area contributed by atoms with E-state index in [9.17, 15) is 8.42 Å². The van der Waals surface area contributed by atoms with Gasteiger partial charge in [-0.2, -0.15) is 0 Å². The van der Waals surface area contributed by atoms with Crippen molar-refractivity contribution in [3.05, 3.63) is 29.8 Å². The van der Waals surface area contributed by atoms with Gasteiger partial charge in [-0.1, -0.05) is 31.5 Å². The zero-order chi connectivity index (χ0) is 18.7. The molecule has 0 aliphatic carbocycles. The van der Waals surface area contributed by atoms with E-state index >= 15 is 0 Å². The van der Waals surface area contributed by atoms with E-state index in [-0.39, 0.29) is 5.60 Å². The van der Waals surface area contributed by atoms with Crippen LogP contribution in [-0.4, -0.2) is 27.2 Å². The first kappa shape index (κ1) is 20.4. The second-order valence-corrected chi connectivity index (χ2v) is 10.0. The predicted octanol–water partition coefficient (Wildman–Crippen LogP) is 4.14. The first-order valence-electron chi connectivity index (χ1n) is 9.31. The summed E-state index contributed by atoms with van der Waals surface area (Å²) in [6.45, 7) is 12.0. The van der Waals surface area contributed by atoms with Crippen molar-refractivity contribution in [1.82, 2.24) is 4.72 Å². The third kappa shape index (κ3) is 5.80. The van der Waals surface area contributed by atoms with Gasteiger partial charge in [0, 0.05) is 13.2 Å². The molecule has 2 unspecified atom stereocenters. The lowest BCUT2D eigenvalue weighted by Crippen LogP contribution is -2.39. The van der Waals surface area contributed by atoms with Crippen molar-refractivity contribution in [3.63, 3.8) is 0 Å². The van der Waals surface area contributed by atoms with Gasteiger partial charge in [0.15, 0.2) is 0 Å². The summed E-state index contributed by atoms with van der Waals surface area (Å²) >= 11 is 0. The molecule has 1 N–H and O–H groups in total. The Morgan fingerprint density at radius 1 is 1.24 bits per heavy atom. The van der Waals surface area contributed by atoms with E-state index in [1.165, 1.54) is 0 Å². The smallest absolute Gasteiger partial charge is 0.240 e. The van der Waals surface area contributed by atoms with E-state index < -0.39 is 10.0 Å². The number of aryl methyl sites for hydroxylation is 1. The zero-order valence-corrected chi connectivity index (χ0v) is 17.0. The average Bonchev–Trinajstić information content (AvgIpc) is 2.50. The number of hydrogen-bond donors (Lipinski definition) is 1. The summed E-state index contributed by atoms with van der Waals surface area (Å²) in [4.78, 5) is 0.339. The second kappa shape index (κ2) is 8.19. The van der Waals surface area contributed by atoms with E-state index in [4.69, 9.17) is 4.74 Å². The van der Waals surface area contributed by atoms with Gasteiger partial charge in [-0.15, -0.1) is 0 Å². The fourth-order valence-corrected chi connectivity index (χ4v) is 4.97. The molecular formula is C20H33NO3S. The highest BCUT2D eigenvalue weighted by Gasteiger charge is 2.34. The quantitative estimate of drug-likeness (QED) is 0.788. The molecular weight excluding hydrogens is 334 g/mol. The zero-order valence-electron chi connectivity index (χ0n) is 16.2. The molecule has 0 saturated carbocycles. The van der Waals surface area contributed by atoms with Crippen molar-refractivity contribution in [2.45, 2.75) is 64.4 Å². The standard InChI is InChI=1S/C20H33NO3S/c1-15(2)19(17-11-13-24-20(4,5)14-17)10-12-21-25(22,23)18-8-6-16(3)7-9-18/h6-9,15,17,19,21H,10-14H2,1-5H3. The van der Waals surface area contributed by atoms with Gasteiger partial charge < -0.3 is 4.74 Å². The van der Waals surface area contributed by atoms with Crippen molar-refractivity contribution < 1.29 is 13.2 Å². The Bertz CT molecular complexity index is 650. The molecule has 0 radical (unpaired) electrons. The molecule has 1 aromatic rings. The molecule has 0 bridgehead atoms. The Labute approximate surface area is 153 Å². The summed E-state index contributed by atoms with van der Waals surface area (Å²) < 4.78 is 33.5. The molecule has 0 aromatic heterocycles. The number of sulfonamides is 1. The number of ether oxygens (including phenoxy) is 1. The summed E-state index contributed by atoms with van der Waals surface area (Å²) in [5.41, 5.74) is 0.984. The molecule has 2 rings (SSSR count). The monoisotopic (exact) mass is 367 g/mol. The van der Waals surface area contributed by atoms with Crippen LogP contribution in [0.2, 0.25) is 0 Å². The van der Waals surface area contributed by atoms with Gasteiger partial charge in [-0.25, -0.2) is 13.1 Å². The lowest BCUT2D eigenvalue weighted by atomic mass is 9.73. The maximum absolute atomic E-state index is 12.4. The Morgan fingerprint density at radius 2 is 1.88 bits per heavy atom. The van der Waals surface area contributed by atoms with Gasteiger partial charge in [0.05, 0.1) is 10.5 Å².